The molecule has 1 aliphatic heterocycles. The molecule has 1 aromatic carbocycles. The number of rotatable bonds is 6. The number of quaternary nitrogens is 1. The predicted molar refractivity (Wildman–Crippen MR) is 108 cm³/mol. The summed E-state index contributed by atoms with van der Waals surface area (Å²) in [6.45, 7) is 6.63. The lowest BCUT2D eigenvalue weighted by atomic mass is 10.0. The Kier molecular flexibility index (Phi) is 6.63. The molecule has 5 nitrogen and oxygen atoms in total. The number of ether oxygens (including phenoxy) is 1. The highest BCUT2D eigenvalue weighted by Gasteiger charge is 2.24. The van der Waals surface area contributed by atoms with Crippen molar-refractivity contribution < 1.29 is 19.2 Å². The molecule has 0 atom stereocenters. The summed E-state index contributed by atoms with van der Waals surface area (Å²) < 4.78 is 5.26. The smallest absolute Gasteiger partial charge is 0.341 e. The number of hydrogen-bond acceptors (Lipinski definition) is 4. The minimum atomic E-state index is -0.394. The molecular weight excluding hydrogens is 360 g/mol. The maximum Gasteiger partial charge on any atom is 0.341 e. The van der Waals surface area contributed by atoms with Gasteiger partial charge in [-0.25, -0.2) is 4.79 Å². The van der Waals surface area contributed by atoms with Gasteiger partial charge in [0.05, 0.1) is 19.7 Å². The van der Waals surface area contributed by atoms with Crippen molar-refractivity contribution in [2.24, 2.45) is 0 Å². The quantitative estimate of drug-likeness (QED) is 0.750. The fourth-order valence-corrected chi connectivity index (χ4v) is 4.40. The minimum absolute atomic E-state index is 0.0465. The van der Waals surface area contributed by atoms with Crippen molar-refractivity contribution in [3.63, 3.8) is 0 Å². The Balaban J connectivity index is 1.82. The largest absolute Gasteiger partial charge is 0.462 e. The first-order chi connectivity index (χ1) is 13.1. The van der Waals surface area contributed by atoms with Gasteiger partial charge in [0.2, 0.25) is 0 Å². The molecule has 1 amide bonds. The Bertz CT molecular complexity index is 792. The molecule has 1 saturated heterocycles. The van der Waals surface area contributed by atoms with Gasteiger partial charge in [0.15, 0.2) is 6.54 Å². The van der Waals surface area contributed by atoms with Crippen LogP contribution in [0.3, 0.4) is 0 Å². The Hall–Kier alpha value is -2.18. The number of nitrogens with one attached hydrogen (secondary N) is 2. The van der Waals surface area contributed by atoms with Crippen molar-refractivity contribution in [3.05, 3.63) is 40.8 Å². The fourth-order valence-electron chi connectivity index (χ4n) is 3.43. The molecule has 0 spiro atoms. The second-order valence-corrected chi connectivity index (χ2v) is 7.86. The number of amides is 1. The van der Waals surface area contributed by atoms with Crippen molar-refractivity contribution >= 4 is 28.2 Å². The first-order valence-corrected chi connectivity index (χ1v) is 10.5. The van der Waals surface area contributed by atoms with Gasteiger partial charge in [-0.05, 0) is 38.7 Å². The normalized spacial score (nSPS) is 14.7. The summed E-state index contributed by atoms with van der Waals surface area (Å²) in [6, 6.07) is 8.01. The number of piperidine rings is 1. The molecule has 27 heavy (non-hydrogen) atoms. The Morgan fingerprint density at radius 1 is 1.15 bits per heavy atom. The van der Waals surface area contributed by atoms with Gasteiger partial charge in [0.1, 0.15) is 10.6 Å². The van der Waals surface area contributed by atoms with Gasteiger partial charge in [-0.3, -0.25) is 4.79 Å². The summed E-state index contributed by atoms with van der Waals surface area (Å²) in [6.07, 6.45) is 3.60. The van der Waals surface area contributed by atoms with E-state index in [1.165, 1.54) is 35.5 Å². The van der Waals surface area contributed by atoms with E-state index in [1.54, 1.807) is 6.92 Å². The number of benzene rings is 1. The maximum absolute atomic E-state index is 12.6. The fraction of sp³-hybridized carbons (Fsp3) is 0.429. The van der Waals surface area contributed by atoms with E-state index in [1.807, 2.05) is 36.6 Å². The van der Waals surface area contributed by atoms with Crippen LogP contribution in [0.2, 0.25) is 0 Å². The van der Waals surface area contributed by atoms with Crippen LogP contribution in [0.25, 0.3) is 11.1 Å². The van der Waals surface area contributed by atoms with Crippen molar-refractivity contribution in [1.82, 2.24) is 0 Å². The van der Waals surface area contributed by atoms with Gasteiger partial charge in [-0.15, -0.1) is 11.3 Å². The van der Waals surface area contributed by atoms with E-state index in [0.29, 0.717) is 23.7 Å². The average molecular weight is 388 g/mol. The van der Waals surface area contributed by atoms with Crippen LogP contribution in [0.4, 0.5) is 5.00 Å². The van der Waals surface area contributed by atoms with Crippen molar-refractivity contribution in [1.29, 1.82) is 0 Å². The molecule has 3 rings (SSSR count). The third-order valence-corrected chi connectivity index (χ3v) is 5.75. The van der Waals surface area contributed by atoms with Gasteiger partial charge in [0.25, 0.3) is 5.91 Å². The highest BCUT2D eigenvalue weighted by molar-refractivity contribution is 7.15. The van der Waals surface area contributed by atoms with Crippen LogP contribution in [0.15, 0.2) is 29.6 Å². The van der Waals surface area contributed by atoms with Crippen LogP contribution in [0, 0.1) is 6.92 Å². The van der Waals surface area contributed by atoms with Crippen LogP contribution in [0.1, 0.15) is 42.1 Å². The van der Waals surface area contributed by atoms with Gasteiger partial charge < -0.3 is 15.0 Å². The van der Waals surface area contributed by atoms with Crippen molar-refractivity contribution in [2.75, 3.05) is 31.6 Å². The molecule has 1 aromatic heterocycles. The first kappa shape index (κ1) is 19.6. The van der Waals surface area contributed by atoms with Crippen molar-refractivity contribution in [2.45, 2.75) is 33.1 Å². The summed E-state index contributed by atoms with van der Waals surface area (Å²) >= 11 is 1.38. The van der Waals surface area contributed by atoms with E-state index < -0.39 is 5.97 Å². The molecule has 2 aromatic rings. The second-order valence-electron chi connectivity index (χ2n) is 6.98. The SMILES string of the molecule is CCOC(=O)c1c(-c2ccc(C)cc2)csc1NC(=O)C[NH+]1CCCCC1. The van der Waals surface area contributed by atoms with E-state index in [2.05, 4.69) is 5.32 Å². The lowest BCUT2D eigenvalue weighted by molar-refractivity contribution is -0.896. The number of thiophene rings is 1. The Morgan fingerprint density at radius 2 is 1.85 bits per heavy atom. The molecule has 0 unspecified atom stereocenters. The van der Waals surface area contributed by atoms with Crippen molar-refractivity contribution in [3.8, 4) is 11.1 Å². The van der Waals surface area contributed by atoms with Gasteiger partial charge in [-0.2, -0.15) is 0 Å². The monoisotopic (exact) mass is 387 g/mol. The number of likely N-dealkylation sites (tertiary alicyclic amines) is 1. The predicted octanol–water partition coefficient (Wildman–Crippen LogP) is 2.91. The highest BCUT2D eigenvalue weighted by Crippen LogP contribution is 2.36. The zero-order chi connectivity index (χ0) is 19.2. The third kappa shape index (κ3) is 4.96. The maximum atomic E-state index is 12.6. The average Bonchev–Trinajstić information content (AvgIpc) is 3.06. The van der Waals surface area contributed by atoms with Gasteiger partial charge >= 0.3 is 5.97 Å². The molecule has 1 aliphatic rings. The number of hydrogen-bond donors (Lipinski definition) is 2. The van der Waals surface area contributed by atoms with Crippen LogP contribution in [0.5, 0.6) is 0 Å². The van der Waals surface area contributed by atoms with Gasteiger partial charge in [0, 0.05) is 10.9 Å². The number of carbonyl (C=O) groups excluding carboxylic acids is 2. The molecule has 6 heteroatoms. The third-order valence-electron chi connectivity index (χ3n) is 4.86. The summed E-state index contributed by atoms with van der Waals surface area (Å²) in [5.41, 5.74) is 3.36. The summed E-state index contributed by atoms with van der Waals surface area (Å²) in [5.74, 6) is -0.440. The standard InChI is InChI=1S/C21H26N2O3S/c1-3-26-21(25)19-17(16-9-7-15(2)8-10-16)14-27-20(19)22-18(24)13-23-11-5-4-6-12-23/h7-10,14H,3-6,11-13H2,1-2H3,(H,22,24)/p+1. The zero-order valence-electron chi connectivity index (χ0n) is 16.0. The summed E-state index contributed by atoms with van der Waals surface area (Å²) in [5, 5.41) is 5.45. The molecule has 0 bridgehead atoms. The highest BCUT2D eigenvalue weighted by atomic mass is 32.1. The summed E-state index contributed by atoms with van der Waals surface area (Å²) in [4.78, 5) is 26.4. The number of aryl methyl sites for hydroxylation is 1. The Labute approximate surface area is 164 Å². The summed E-state index contributed by atoms with van der Waals surface area (Å²) in [7, 11) is 0. The molecule has 144 valence electrons. The minimum Gasteiger partial charge on any atom is -0.462 e. The van der Waals surface area contributed by atoms with E-state index >= 15 is 0 Å². The van der Waals surface area contributed by atoms with Gasteiger partial charge in [-0.1, -0.05) is 29.8 Å². The molecule has 2 heterocycles. The molecule has 0 aliphatic carbocycles. The number of carbonyl (C=O) groups is 2. The van der Waals surface area contributed by atoms with Crippen LogP contribution in [-0.2, 0) is 9.53 Å². The lowest BCUT2D eigenvalue weighted by Gasteiger charge is -2.22. The second kappa shape index (κ2) is 9.15. The van der Waals surface area contributed by atoms with Crippen LogP contribution >= 0.6 is 11.3 Å². The van der Waals surface area contributed by atoms with E-state index in [-0.39, 0.29) is 5.91 Å². The topological polar surface area (TPSA) is 59.8 Å². The first-order valence-electron chi connectivity index (χ1n) is 9.57. The Morgan fingerprint density at radius 3 is 2.52 bits per heavy atom. The molecule has 2 N–H and O–H groups in total. The molecule has 1 fully saturated rings. The van der Waals surface area contributed by atoms with E-state index in [9.17, 15) is 9.59 Å². The van der Waals surface area contributed by atoms with E-state index in [4.69, 9.17) is 4.74 Å². The zero-order valence-corrected chi connectivity index (χ0v) is 16.8. The molecule has 0 radical (unpaired) electrons. The molecular formula is C21H27N2O3S+. The van der Waals surface area contributed by atoms with Crippen LogP contribution in [-0.4, -0.2) is 38.1 Å². The molecule has 0 saturated carbocycles. The number of esters is 1. The van der Waals surface area contributed by atoms with Crippen LogP contribution < -0.4 is 10.2 Å². The lowest BCUT2D eigenvalue weighted by Crippen LogP contribution is -3.13. The van der Waals surface area contributed by atoms with E-state index in [0.717, 1.165) is 29.8 Å². The number of anilines is 1.